The van der Waals surface area contributed by atoms with Crippen LogP contribution in [0, 0.1) is 5.82 Å². The highest BCUT2D eigenvalue weighted by Gasteiger charge is 2.34. The molecule has 0 amide bonds. The van der Waals surface area contributed by atoms with E-state index in [2.05, 4.69) is 0 Å². The summed E-state index contributed by atoms with van der Waals surface area (Å²) in [4.78, 5) is 11.6. The first-order valence-corrected chi connectivity index (χ1v) is 7.64. The molecule has 1 rings (SSSR count). The number of Topliss-reactive ketones (excluding diaryl/α,β-unsaturated/α-hetero) is 1. The summed E-state index contributed by atoms with van der Waals surface area (Å²) in [5.74, 6) is -2.34. The van der Waals surface area contributed by atoms with E-state index in [1.165, 1.54) is 0 Å². The van der Waals surface area contributed by atoms with Crippen LogP contribution in [0.4, 0.5) is 17.6 Å². The molecule has 1 aromatic rings. The lowest BCUT2D eigenvalue weighted by Gasteiger charge is -2.09. The Bertz CT molecular complexity index is 606. The Hall–Kier alpha value is -1.44. The zero-order valence-corrected chi connectivity index (χ0v) is 11.3. The number of benzene rings is 1. The number of rotatable bonds is 5. The molecule has 0 fully saturated rings. The Morgan fingerprint density at radius 3 is 2.35 bits per heavy atom. The molecule has 1 aromatic carbocycles. The van der Waals surface area contributed by atoms with E-state index in [-0.39, 0.29) is 24.2 Å². The molecular weight excluding hydrogens is 300 g/mol. The van der Waals surface area contributed by atoms with E-state index < -0.39 is 33.2 Å². The van der Waals surface area contributed by atoms with Crippen LogP contribution in [0.5, 0.6) is 0 Å². The van der Waals surface area contributed by atoms with Crippen LogP contribution in [-0.4, -0.2) is 26.2 Å². The van der Waals surface area contributed by atoms with Crippen LogP contribution in [0.15, 0.2) is 18.2 Å². The Labute approximate surface area is 113 Å². The van der Waals surface area contributed by atoms with Crippen molar-refractivity contribution in [1.82, 2.24) is 0 Å². The summed E-state index contributed by atoms with van der Waals surface area (Å²) in [6.45, 7) is 0. The van der Waals surface area contributed by atoms with Gasteiger partial charge in [0.1, 0.15) is 15.7 Å². The minimum absolute atomic E-state index is 0.0103. The molecule has 0 unspecified atom stereocenters. The molecule has 0 saturated heterocycles. The Kier molecular flexibility index (Phi) is 4.90. The summed E-state index contributed by atoms with van der Waals surface area (Å²) in [5.41, 5.74) is -1.79. The molecule has 8 heteroatoms. The number of hydrogen-bond acceptors (Lipinski definition) is 3. The zero-order chi connectivity index (χ0) is 15.6. The molecule has 0 heterocycles. The summed E-state index contributed by atoms with van der Waals surface area (Å²) in [5, 5.41) is 0. The second-order valence-electron chi connectivity index (χ2n) is 4.35. The standard InChI is InChI=1S/C12H12F4O3S/c1-20(18,19)6-2-3-11(17)8-4-5-10(13)9(7-8)12(14,15)16/h4-5,7H,2-3,6H2,1H3. The normalized spacial score (nSPS) is 12.4. The zero-order valence-electron chi connectivity index (χ0n) is 10.5. The Balaban J connectivity index is 2.85. The third-order valence-electron chi connectivity index (χ3n) is 2.51. The van der Waals surface area contributed by atoms with Gasteiger partial charge in [-0.2, -0.15) is 13.2 Å². The number of sulfone groups is 1. The average molecular weight is 312 g/mol. The summed E-state index contributed by atoms with van der Waals surface area (Å²) >= 11 is 0. The van der Waals surface area contributed by atoms with Crippen LogP contribution >= 0.6 is 0 Å². The predicted octanol–water partition coefficient (Wildman–Crippen LogP) is 2.85. The number of hydrogen-bond donors (Lipinski definition) is 0. The quantitative estimate of drug-likeness (QED) is 0.620. The molecule has 0 aliphatic heterocycles. The van der Waals surface area contributed by atoms with Crippen molar-refractivity contribution in [2.75, 3.05) is 12.0 Å². The molecule has 0 atom stereocenters. The molecule has 0 bridgehead atoms. The van der Waals surface area contributed by atoms with Gasteiger partial charge in [-0.05, 0) is 24.6 Å². The molecule has 0 aromatic heterocycles. The van der Waals surface area contributed by atoms with Crippen molar-refractivity contribution in [2.45, 2.75) is 19.0 Å². The molecule has 0 aliphatic rings. The van der Waals surface area contributed by atoms with Gasteiger partial charge in [0.2, 0.25) is 0 Å². The number of ketones is 1. The van der Waals surface area contributed by atoms with Gasteiger partial charge in [0, 0.05) is 18.2 Å². The van der Waals surface area contributed by atoms with Crippen molar-refractivity contribution in [3.63, 3.8) is 0 Å². The number of carbonyl (C=O) groups is 1. The smallest absolute Gasteiger partial charge is 0.294 e. The highest BCUT2D eigenvalue weighted by atomic mass is 32.2. The van der Waals surface area contributed by atoms with E-state index in [0.717, 1.165) is 12.3 Å². The second kappa shape index (κ2) is 5.90. The third-order valence-corrected chi connectivity index (χ3v) is 3.54. The molecule has 0 saturated carbocycles. The van der Waals surface area contributed by atoms with Gasteiger partial charge in [0.15, 0.2) is 5.78 Å². The summed E-state index contributed by atoms with van der Waals surface area (Å²) in [6.07, 6.45) is -4.09. The molecule has 20 heavy (non-hydrogen) atoms. The number of alkyl halides is 3. The maximum Gasteiger partial charge on any atom is 0.419 e. The Morgan fingerprint density at radius 1 is 1.25 bits per heavy atom. The van der Waals surface area contributed by atoms with Crippen LogP contribution in [0.25, 0.3) is 0 Å². The van der Waals surface area contributed by atoms with Gasteiger partial charge in [-0.15, -0.1) is 0 Å². The first kappa shape index (κ1) is 16.6. The molecule has 0 radical (unpaired) electrons. The summed E-state index contributed by atoms with van der Waals surface area (Å²) < 4.78 is 72.2. The highest BCUT2D eigenvalue weighted by molar-refractivity contribution is 7.90. The van der Waals surface area contributed by atoms with Crippen molar-refractivity contribution in [3.8, 4) is 0 Å². The predicted molar refractivity (Wildman–Crippen MR) is 64.7 cm³/mol. The highest BCUT2D eigenvalue weighted by Crippen LogP contribution is 2.32. The van der Waals surface area contributed by atoms with Crippen molar-refractivity contribution in [2.24, 2.45) is 0 Å². The topological polar surface area (TPSA) is 51.2 Å². The molecule has 3 nitrogen and oxygen atoms in total. The van der Waals surface area contributed by atoms with Crippen LogP contribution in [0.3, 0.4) is 0 Å². The van der Waals surface area contributed by atoms with Crippen molar-refractivity contribution < 1.29 is 30.8 Å². The van der Waals surface area contributed by atoms with Crippen LogP contribution in [0.2, 0.25) is 0 Å². The molecule has 0 spiro atoms. The van der Waals surface area contributed by atoms with Crippen molar-refractivity contribution in [3.05, 3.63) is 35.1 Å². The summed E-state index contributed by atoms with van der Waals surface area (Å²) in [7, 11) is -3.23. The molecule has 0 N–H and O–H groups in total. The molecular formula is C12H12F4O3S. The monoisotopic (exact) mass is 312 g/mol. The lowest BCUT2D eigenvalue weighted by atomic mass is 10.0. The largest absolute Gasteiger partial charge is 0.419 e. The third kappa shape index (κ3) is 4.92. The van der Waals surface area contributed by atoms with E-state index in [9.17, 15) is 30.8 Å². The van der Waals surface area contributed by atoms with E-state index in [1.54, 1.807) is 0 Å². The fraction of sp³-hybridized carbons (Fsp3) is 0.417. The van der Waals surface area contributed by atoms with Gasteiger partial charge in [-0.3, -0.25) is 4.79 Å². The van der Waals surface area contributed by atoms with Crippen molar-refractivity contribution in [1.29, 1.82) is 0 Å². The average Bonchev–Trinajstić information content (AvgIpc) is 2.26. The molecule has 0 aliphatic carbocycles. The van der Waals surface area contributed by atoms with Gasteiger partial charge >= 0.3 is 6.18 Å². The minimum Gasteiger partial charge on any atom is -0.294 e. The number of carbonyl (C=O) groups excluding carboxylic acids is 1. The van der Waals surface area contributed by atoms with Gasteiger partial charge in [-0.1, -0.05) is 0 Å². The maximum atomic E-state index is 13.0. The van der Waals surface area contributed by atoms with E-state index in [0.29, 0.717) is 12.1 Å². The molecule has 112 valence electrons. The number of halogens is 4. The first-order chi connectivity index (χ1) is 9.00. The Morgan fingerprint density at radius 2 is 1.85 bits per heavy atom. The SMILES string of the molecule is CS(=O)(=O)CCCC(=O)c1ccc(F)c(C(F)(F)F)c1. The van der Waals surface area contributed by atoms with Crippen molar-refractivity contribution >= 4 is 15.6 Å². The van der Waals surface area contributed by atoms with Gasteiger partial charge in [0.25, 0.3) is 0 Å². The van der Waals surface area contributed by atoms with Crippen LogP contribution in [-0.2, 0) is 16.0 Å². The summed E-state index contributed by atoms with van der Waals surface area (Å²) in [6, 6.07) is 1.97. The lowest BCUT2D eigenvalue weighted by molar-refractivity contribution is -0.140. The fourth-order valence-corrected chi connectivity index (χ4v) is 2.22. The van der Waals surface area contributed by atoms with Gasteiger partial charge in [-0.25, -0.2) is 12.8 Å². The van der Waals surface area contributed by atoms with E-state index in [1.807, 2.05) is 0 Å². The first-order valence-electron chi connectivity index (χ1n) is 5.58. The van der Waals surface area contributed by atoms with Crippen LogP contribution < -0.4 is 0 Å². The van der Waals surface area contributed by atoms with Gasteiger partial charge < -0.3 is 0 Å². The lowest BCUT2D eigenvalue weighted by Crippen LogP contribution is -2.11. The van der Waals surface area contributed by atoms with Crippen LogP contribution in [0.1, 0.15) is 28.8 Å². The minimum atomic E-state index is -4.88. The fourth-order valence-electron chi connectivity index (χ4n) is 1.56. The maximum absolute atomic E-state index is 13.0. The second-order valence-corrected chi connectivity index (χ2v) is 6.61. The van der Waals surface area contributed by atoms with E-state index >= 15 is 0 Å². The van der Waals surface area contributed by atoms with E-state index in [4.69, 9.17) is 0 Å². The van der Waals surface area contributed by atoms with Gasteiger partial charge in [0.05, 0.1) is 11.3 Å².